The monoisotopic (exact) mass is 217 g/mol. The summed E-state index contributed by atoms with van der Waals surface area (Å²) in [7, 11) is 0. The van der Waals surface area contributed by atoms with E-state index in [1.54, 1.807) is 0 Å². The van der Waals surface area contributed by atoms with Crippen LogP contribution in [0.2, 0.25) is 0 Å². The molecule has 0 spiro atoms. The van der Waals surface area contributed by atoms with Crippen LogP contribution in [-0.4, -0.2) is 12.1 Å². The topological polar surface area (TPSA) is 12.0 Å². The van der Waals surface area contributed by atoms with Crippen LogP contribution in [0.1, 0.15) is 37.8 Å². The molecule has 1 unspecified atom stereocenters. The van der Waals surface area contributed by atoms with Crippen LogP contribution < -0.4 is 5.32 Å². The van der Waals surface area contributed by atoms with Gasteiger partial charge in [-0.05, 0) is 44.2 Å². The van der Waals surface area contributed by atoms with Crippen molar-refractivity contribution in [1.82, 2.24) is 5.32 Å². The van der Waals surface area contributed by atoms with Crippen molar-refractivity contribution in [3.05, 3.63) is 35.4 Å². The van der Waals surface area contributed by atoms with Gasteiger partial charge >= 0.3 is 0 Å². The van der Waals surface area contributed by atoms with Gasteiger partial charge in [-0.15, -0.1) is 0 Å². The summed E-state index contributed by atoms with van der Waals surface area (Å²) < 4.78 is 0. The maximum atomic E-state index is 3.74. The van der Waals surface area contributed by atoms with Crippen molar-refractivity contribution in [2.24, 2.45) is 5.92 Å². The first kappa shape index (κ1) is 11.7. The smallest absolute Gasteiger partial charge is 0.0245 e. The van der Waals surface area contributed by atoms with E-state index in [-0.39, 0.29) is 0 Å². The normalized spacial score (nSPS) is 25.2. The van der Waals surface area contributed by atoms with Crippen molar-refractivity contribution in [1.29, 1.82) is 0 Å². The molecular weight excluding hydrogens is 194 g/mol. The first-order valence-corrected chi connectivity index (χ1v) is 6.43. The van der Waals surface area contributed by atoms with E-state index in [1.807, 2.05) is 0 Å². The Morgan fingerprint density at radius 2 is 2.19 bits per heavy atom. The van der Waals surface area contributed by atoms with Gasteiger partial charge in [0, 0.05) is 5.54 Å². The molecule has 1 N–H and O–H groups in total. The second-order valence-electron chi connectivity index (χ2n) is 5.51. The molecule has 1 atom stereocenters. The minimum atomic E-state index is 0.341. The summed E-state index contributed by atoms with van der Waals surface area (Å²) in [5.74, 6) is 0.704. The van der Waals surface area contributed by atoms with Gasteiger partial charge in [-0.25, -0.2) is 0 Å². The van der Waals surface area contributed by atoms with Gasteiger partial charge in [0.2, 0.25) is 0 Å². The summed E-state index contributed by atoms with van der Waals surface area (Å²) in [6.45, 7) is 8.04. The average Bonchev–Trinajstić information content (AvgIpc) is 2.67. The average molecular weight is 217 g/mol. The van der Waals surface area contributed by atoms with Crippen LogP contribution in [0.15, 0.2) is 24.3 Å². The minimum Gasteiger partial charge on any atom is -0.311 e. The predicted octanol–water partition coefficient (Wildman–Crippen LogP) is 3.32. The lowest BCUT2D eigenvalue weighted by molar-refractivity contribution is 0.269. The molecule has 1 heteroatoms. The van der Waals surface area contributed by atoms with Crippen molar-refractivity contribution in [2.75, 3.05) is 6.54 Å². The number of nitrogens with one attached hydrogen (secondary N) is 1. The second kappa shape index (κ2) is 4.58. The molecule has 0 aliphatic carbocycles. The highest BCUT2D eigenvalue weighted by atomic mass is 15.0. The molecule has 0 radical (unpaired) electrons. The number of aryl methyl sites for hydroxylation is 1. The van der Waals surface area contributed by atoms with E-state index in [0.29, 0.717) is 11.5 Å². The van der Waals surface area contributed by atoms with Crippen LogP contribution in [0.3, 0.4) is 0 Å². The molecule has 1 nitrogen and oxygen atoms in total. The van der Waals surface area contributed by atoms with Gasteiger partial charge in [-0.3, -0.25) is 0 Å². The molecule has 1 aromatic carbocycles. The molecule has 2 rings (SSSR count). The maximum Gasteiger partial charge on any atom is 0.0245 e. The second-order valence-corrected chi connectivity index (χ2v) is 5.51. The van der Waals surface area contributed by atoms with Gasteiger partial charge < -0.3 is 5.32 Å². The summed E-state index contributed by atoms with van der Waals surface area (Å²) in [6.07, 6.45) is 3.81. The Bertz CT molecular complexity index is 348. The van der Waals surface area contributed by atoms with Gasteiger partial charge in [0.25, 0.3) is 0 Å². The third-order valence-electron chi connectivity index (χ3n) is 3.98. The largest absolute Gasteiger partial charge is 0.311 e. The molecule has 1 aliphatic heterocycles. The fraction of sp³-hybridized carbons (Fsp3) is 0.600. The van der Waals surface area contributed by atoms with Crippen LogP contribution in [0.4, 0.5) is 0 Å². The molecule has 1 saturated heterocycles. The molecule has 16 heavy (non-hydrogen) atoms. The number of hydrogen-bond acceptors (Lipinski definition) is 1. The van der Waals surface area contributed by atoms with Gasteiger partial charge in [0.1, 0.15) is 0 Å². The molecule has 88 valence electrons. The molecular formula is C15H23N. The lowest BCUT2D eigenvalue weighted by Crippen LogP contribution is -2.46. The van der Waals surface area contributed by atoms with Crippen molar-refractivity contribution in [3.63, 3.8) is 0 Å². The minimum absolute atomic E-state index is 0.341. The van der Waals surface area contributed by atoms with Crippen LogP contribution in [0.25, 0.3) is 0 Å². The molecule has 1 aliphatic rings. The van der Waals surface area contributed by atoms with E-state index >= 15 is 0 Å². The first-order valence-electron chi connectivity index (χ1n) is 6.43. The zero-order valence-corrected chi connectivity index (χ0v) is 10.7. The Morgan fingerprint density at radius 1 is 1.38 bits per heavy atom. The maximum absolute atomic E-state index is 3.74. The quantitative estimate of drug-likeness (QED) is 0.819. The number of rotatable bonds is 3. The Balaban J connectivity index is 2.18. The molecule has 0 bridgehead atoms. The molecule has 1 heterocycles. The van der Waals surface area contributed by atoms with Crippen molar-refractivity contribution < 1.29 is 0 Å². The highest BCUT2D eigenvalue weighted by molar-refractivity contribution is 5.24. The zero-order chi connectivity index (χ0) is 11.6. The lowest BCUT2D eigenvalue weighted by atomic mass is 9.79. The summed E-state index contributed by atoms with van der Waals surface area (Å²) in [4.78, 5) is 0. The SMILES string of the molecule is Cc1cccc(CC2(C(C)C)CCCN2)c1. The molecule has 1 aromatic rings. The number of benzene rings is 1. The van der Waals surface area contributed by atoms with Gasteiger partial charge in [0.05, 0.1) is 0 Å². The van der Waals surface area contributed by atoms with E-state index in [9.17, 15) is 0 Å². The molecule has 1 fully saturated rings. The third kappa shape index (κ3) is 2.30. The fourth-order valence-electron chi connectivity index (χ4n) is 2.86. The van der Waals surface area contributed by atoms with Crippen LogP contribution in [0, 0.1) is 12.8 Å². The van der Waals surface area contributed by atoms with Crippen LogP contribution >= 0.6 is 0 Å². The highest BCUT2D eigenvalue weighted by Crippen LogP contribution is 2.31. The van der Waals surface area contributed by atoms with Crippen LogP contribution in [-0.2, 0) is 6.42 Å². The van der Waals surface area contributed by atoms with Gasteiger partial charge in [0.15, 0.2) is 0 Å². The molecule has 0 amide bonds. The molecule has 0 saturated carbocycles. The predicted molar refractivity (Wildman–Crippen MR) is 69.7 cm³/mol. The van der Waals surface area contributed by atoms with E-state index < -0.39 is 0 Å². The Morgan fingerprint density at radius 3 is 2.75 bits per heavy atom. The van der Waals surface area contributed by atoms with Crippen molar-refractivity contribution in [3.8, 4) is 0 Å². The Hall–Kier alpha value is -0.820. The standard InChI is InChI=1S/C15H23N/c1-12(2)15(8-5-9-16-15)11-14-7-4-6-13(3)10-14/h4,6-7,10,12,16H,5,8-9,11H2,1-3H3. The van der Waals surface area contributed by atoms with E-state index in [0.717, 1.165) is 0 Å². The first-order chi connectivity index (χ1) is 7.62. The van der Waals surface area contributed by atoms with E-state index in [1.165, 1.54) is 36.9 Å². The van der Waals surface area contributed by atoms with E-state index in [4.69, 9.17) is 0 Å². The zero-order valence-electron chi connectivity index (χ0n) is 10.7. The Labute approximate surface area is 99.3 Å². The van der Waals surface area contributed by atoms with Gasteiger partial charge in [-0.2, -0.15) is 0 Å². The summed E-state index contributed by atoms with van der Waals surface area (Å²) >= 11 is 0. The molecule has 0 aromatic heterocycles. The van der Waals surface area contributed by atoms with Crippen molar-refractivity contribution >= 4 is 0 Å². The third-order valence-corrected chi connectivity index (χ3v) is 3.98. The van der Waals surface area contributed by atoms with Crippen molar-refractivity contribution in [2.45, 2.75) is 45.6 Å². The summed E-state index contributed by atoms with van der Waals surface area (Å²) in [5, 5.41) is 3.74. The summed E-state index contributed by atoms with van der Waals surface area (Å²) in [5.41, 5.74) is 3.19. The fourth-order valence-corrected chi connectivity index (χ4v) is 2.86. The van der Waals surface area contributed by atoms with E-state index in [2.05, 4.69) is 50.4 Å². The summed E-state index contributed by atoms with van der Waals surface area (Å²) in [6, 6.07) is 8.93. The highest BCUT2D eigenvalue weighted by Gasteiger charge is 2.36. The Kier molecular flexibility index (Phi) is 3.34. The van der Waals surface area contributed by atoms with Crippen LogP contribution in [0.5, 0.6) is 0 Å². The number of hydrogen-bond donors (Lipinski definition) is 1. The van der Waals surface area contributed by atoms with Gasteiger partial charge in [-0.1, -0.05) is 43.7 Å². The lowest BCUT2D eigenvalue weighted by Gasteiger charge is -2.34.